The molecule has 0 saturated heterocycles. The Morgan fingerprint density at radius 1 is 1.64 bits per heavy atom. The molecule has 0 aliphatic heterocycles. The fraction of sp³-hybridized carbons (Fsp3) is 0.500. The molecule has 0 fully saturated rings. The standard InChI is InChI=1S/C8H13NO2/c9-6-7(10)3-4-8-2-1-5-11-8/h1-2,5,7,10H,3-4,6,9H2. The van der Waals surface area contributed by atoms with Crippen LogP contribution >= 0.6 is 0 Å². The van der Waals surface area contributed by atoms with Crippen molar-refractivity contribution in [2.45, 2.75) is 18.9 Å². The summed E-state index contributed by atoms with van der Waals surface area (Å²) in [6, 6.07) is 3.73. The average molecular weight is 155 g/mol. The number of hydrogen-bond acceptors (Lipinski definition) is 3. The molecule has 62 valence electrons. The summed E-state index contributed by atoms with van der Waals surface area (Å²) in [6.45, 7) is 0.320. The van der Waals surface area contributed by atoms with Crippen molar-refractivity contribution in [3.63, 3.8) is 0 Å². The van der Waals surface area contributed by atoms with E-state index in [9.17, 15) is 0 Å². The van der Waals surface area contributed by atoms with Gasteiger partial charge in [0.05, 0.1) is 12.4 Å². The van der Waals surface area contributed by atoms with E-state index >= 15 is 0 Å². The van der Waals surface area contributed by atoms with Gasteiger partial charge in [0.1, 0.15) is 5.76 Å². The van der Waals surface area contributed by atoms with Gasteiger partial charge in [0, 0.05) is 13.0 Å². The first-order valence-corrected chi connectivity index (χ1v) is 3.73. The Balaban J connectivity index is 2.23. The van der Waals surface area contributed by atoms with Crippen LogP contribution in [0.4, 0.5) is 0 Å². The van der Waals surface area contributed by atoms with Gasteiger partial charge in [-0.2, -0.15) is 0 Å². The van der Waals surface area contributed by atoms with Crippen LogP contribution in [0.15, 0.2) is 22.8 Å². The zero-order valence-corrected chi connectivity index (χ0v) is 6.36. The number of aliphatic hydroxyl groups is 1. The lowest BCUT2D eigenvalue weighted by Gasteiger charge is -2.04. The minimum atomic E-state index is -0.403. The molecule has 11 heavy (non-hydrogen) atoms. The summed E-state index contributed by atoms with van der Waals surface area (Å²) in [6.07, 6.45) is 2.65. The first-order valence-electron chi connectivity index (χ1n) is 3.73. The number of rotatable bonds is 4. The Labute approximate surface area is 65.8 Å². The van der Waals surface area contributed by atoms with E-state index in [1.165, 1.54) is 0 Å². The predicted molar refractivity (Wildman–Crippen MR) is 42.1 cm³/mol. The zero-order valence-electron chi connectivity index (χ0n) is 6.36. The molecule has 1 aromatic rings. The molecule has 0 aromatic carbocycles. The van der Waals surface area contributed by atoms with Crippen LogP contribution in [0.3, 0.4) is 0 Å². The Morgan fingerprint density at radius 2 is 2.45 bits per heavy atom. The lowest BCUT2D eigenvalue weighted by molar-refractivity contribution is 0.171. The van der Waals surface area contributed by atoms with Crippen molar-refractivity contribution in [2.24, 2.45) is 5.73 Å². The van der Waals surface area contributed by atoms with Crippen LogP contribution in [0, 0.1) is 0 Å². The molecule has 0 radical (unpaired) electrons. The number of hydrogen-bond donors (Lipinski definition) is 2. The van der Waals surface area contributed by atoms with Gasteiger partial charge in [0.15, 0.2) is 0 Å². The van der Waals surface area contributed by atoms with Crippen molar-refractivity contribution >= 4 is 0 Å². The van der Waals surface area contributed by atoms with E-state index in [4.69, 9.17) is 15.3 Å². The Morgan fingerprint density at radius 3 is 3.00 bits per heavy atom. The Kier molecular flexibility index (Phi) is 3.14. The summed E-state index contributed by atoms with van der Waals surface area (Å²) in [7, 11) is 0. The minimum Gasteiger partial charge on any atom is -0.469 e. The van der Waals surface area contributed by atoms with Crippen LogP contribution in [-0.2, 0) is 6.42 Å². The Hall–Kier alpha value is -0.800. The van der Waals surface area contributed by atoms with Crippen molar-refractivity contribution < 1.29 is 9.52 Å². The van der Waals surface area contributed by atoms with Crippen LogP contribution in [0.25, 0.3) is 0 Å². The second-order valence-corrected chi connectivity index (χ2v) is 2.51. The molecule has 1 aromatic heterocycles. The summed E-state index contributed by atoms with van der Waals surface area (Å²) in [5.41, 5.74) is 5.23. The molecule has 0 aliphatic carbocycles. The van der Waals surface area contributed by atoms with Crippen LogP contribution in [-0.4, -0.2) is 17.8 Å². The molecule has 1 atom stereocenters. The molecule has 3 N–H and O–H groups in total. The third-order valence-corrected chi connectivity index (χ3v) is 1.58. The second-order valence-electron chi connectivity index (χ2n) is 2.51. The molecule has 3 heteroatoms. The maximum atomic E-state index is 9.09. The van der Waals surface area contributed by atoms with E-state index in [-0.39, 0.29) is 0 Å². The number of aliphatic hydroxyl groups excluding tert-OH is 1. The molecule has 0 saturated carbocycles. The van der Waals surface area contributed by atoms with E-state index in [0.717, 1.165) is 12.2 Å². The summed E-state index contributed by atoms with van der Waals surface area (Å²) in [4.78, 5) is 0. The van der Waals surface area contributed by atoms with Gasteiger partial charge >= 0.3 is 0 Å². The molecule has 0 spiro atoms. The summed E-state index contributed by atoms with van der Waals surface area (Å²) in [5, 5.41) is 9.09. The van der Waals surface area contributed by atoms with Crippen molar-refractivity contribution in [3.05, 3.63) is 24.2 Å². The Bertz CT molecular complexity index is 184. The van der Waals surface area contributed by atoms with Crippen LogP contribution in [0.2, 0.25) is 0 Å². The maximum Gasteiger partial charge on any atom is 0.103 e. The highest BCUT2D eigenvalue weighted by Gasteiger charge is 2.02. The first-order chi connectivity index (χ1) is 5.33. The van der Waals surface area contributed by atoms with Gasteiger partial charge in [-0.05, 0) is 18.6 Å². The fourth-order valence-electron chi connectivity index (χ4n) is 0.882. The SMILES string of the molecule is NCC(O)CCc1ccco1. The van der Waals surface area contributed by atoms with Crippen molar-refractivity contribution in [2.75, 3.05) is 6.54 Å². The highest BCUT2D eigenvalue weighted by molar-refractivity contribution is 4.98. The minimum absolute atomic E-state index is 0.320. The van der Waals surface area contributed by atoms with Crippen molar-refractivity contribution in [1.82, 2.24) is 0 Å². The van der Waals surface area contributed by atoms with Gasteiger partial charge in [-0.15, -0.1) is 0 Å². The topological polar surface area (TPSA) is 59.4 Å². The molecule has 0 aliphatic rings. The van der Waals surface area contributed by atoms with E-state index in [1.807, 2.05) is 12.1 Å². The molecule has 0 amide bonds. The number of aryl methyl sites for hydroxylation is 1. The van der Waals surface area contributed by atoms with Crippen LogP contribution < -0.4 is 5.73 Å². The van der Waals surface area contributed by atoms with Crippen molar-refractivity contribution in [3.8, 4) is 0 Å². The largest absolute Gasteiger partial charge is 0.469 e. The molecule has 3 nitrogen and oxygen atoms in total. The van der Waals surface area contributed by atoms with Crippen molar-refractivity contribution in [1.29, 1.82) is 0 Å². The van der Waals surface area contributed by atoms with Crippen LogP contribution in [0.5, 0.6) is 0 Å². The third kappa shape index (κ3) is 2.74. The van der Waals surface area contributed by atoms with Gasteiger partial charge in [-0.1, -0.05) is 0 Å². The molecule has 0 bridgehead atoms. The third-order valence-electron chi connectivity index (χ3n) is 1.58. The first kappa shape index (κ1) is 8.30. The normalized spacial score (nSPS) is 13.3. The summed E-state index contributed by atoms with van der Waals surface area (Å²) in [5.74, 6) is 0.900. The van der Waals surface area contributed by atoms with Gasteiger partial charge in [0.2, 0.25) is 0 Å². The van der Waals surface area contributed by atoms with Gasteiger partial charge in [-0.3, -0.25) is 0 Å². The summed E-state index contributed by atoms with van der Waals surface area (Å²) < 4.78 is 5.08. The number of furan rings is 1. The number of nitrogens with two attached hydrogens (primary N) is 1. The fourth-order valence-corrected chi connectivity index (χ4v) is 0.882. The monoisotopic (exact) mass is 155 g/mol. The van der Waals surface area contributed by atoms with Crippen LogP contribution in [0.1, 0.15) is 12.2 Å². The second kappa shape index (κ2) is 4.16. The average Bonchev–Trinajstić information content (AvgIpc) is 2.52. The highest BCUT2D eigenvalue weighted by atomic mass is 16.3. The van der Waals surface area contributed by atoms with Gasteiger partial charge in [-0.25, -0.2) is 0 Å². The molecule has 1 rings (SSSR count). The zero-order chi connectivity index (χ0) is 8.10. The molecular weight excluding hydrogens is 142 g/mol. The smallest absolute Gasteiger partial charge is 0.103 e. The molecule has 1 heterocycles. The van der Waals surface area contributed by atoms with Gasteiger partial charge in [0.25, 0.3) is 0 Å². The lowest BCUT2D eigenvalue weighted by atomic mass is 10.2. The van der Waals surface area contributed by atoms with E-state index in [1.54, 1.807) is 6.26 Å². The van der Waals surface area contributed by atoms with Gasteiger partial charge < -0.3 is 15.3 Å². The summed E-state index contributed by atoms with van der Waals surface area (Å²) >= 11 is 0. The quantitative estimate of drug-likeness (QED) is 0.666. The van der Waals surface area contributed by atoms with E-state index < -0.39 is 6.10 Å². The highest BCUT2D eigenvalue weighted by Crippen LogP contribution is 2.04. The van der Waals surface area contributed by atoms with E-state index in [2.05, 4.69) is 0 Å². The lowest BCUT2D eigenvalue weighted by Crippen LogP contribution is -2.19. The van der Waals surface area contributed by atoms with E-state index in [0.29, 0.717) is 13.0 Å². The molecular formula is C8H13NO2. The predicted octanol–water partition coefficient (Wildman–Crippen LogP) is 0.532. The maximum absolute atomic E-state index is 9.09. The molecule has 1 unspecified atom stereocenters.